The maximum absolute atomic E-state index is 5.52. The van der Waals surface area contributed by atoms with E-state index < -0.39 is 0 Å². The molecule has 2 heterocycles. The summed E-state index contributed by atoms with van der Waals surface area (Å²) in [5, 5.41) is 3.38. The molecular formula is C14H18N4O. The fourth-order valence-corrected chi connectivity index (χ4v) is 2.40. The smallest absolute Gasteiger partial charge is 0.197 e. The van der Waals surface area contributed by atoms with Gasteiger partial charge in [-0.05, 0) is 44.4 Å². The van der Waals surface area contributed by atoms with E-state index in [1.54, 1.807) is 6.26 Å². The second kappa shape index (κ2) is 5.40. The zero-order valence-corrected chi connectivity index (χ0v) is 10.9. The molecule has 5 heteroatoms. The molecule has 0 unspecified atom stereocenters. The third-order valence-electron chi connectivity index (χ3n) is 3.35. The number of aryl methyl sites for hydroxylation is 1. The summed E-state index contributed by atoms with van der Waals surface area (Å²) >= 11 is 0. The number of nitrogens with two attached hydrogens (primary N) is 1. The monoisotopic (exact) mass is 258 g/mol. The summed E-state index contributed by atoms with van der Waals surface area (Å²) in [4.78, 5) is 9.22. The molecular weight excluding hydrogens is 240 g/mol. The van der Waals surface area contributed by atoms with Gasteiger partial charge in [0.15, 0.2) is 11.6 Å². The lowest BCUT2D eigenvalue weighted by molar-refractivity contribution is 0.577. The van der Waals surface area contributed by atoms with Crippen LogP contribution in [0.2, 0.25) is 0 Å². The van der Waals surface area contributed by atoms with Gasteiger partial charge in [0.25, 0.3) is 0 Å². The minimum atomic E-state index is 0.667. The van der Waals surface area contributed by atoms with E-state index in [0.29, 0.717) is 12.4 Å². The van der Waals surface area contributed by atoms with E-state index in [-0.39, 0.29) is 0 Å². The molecule has 0 spiro atoms. The van der Waals surface area contributed by atoms with Gasteiger partial charge in [-0.25, -0.2) is 9.97 Å². The molecule has 3 N–H and O–H groups in total. The summed E-state index contributed by atoms with van der Waals surface area (Å²) in [5.41, 5.74) is 7.93. The molecule has 0 saturated heterocycles. The number of hydrogen-bond acceptors (Lipinski definition) is 5. The van der Waals surface area contributed by atoms with Gasteiger partial charge in [0.05, 0.1) is 6.26 Å². The van der Waals surface area contributed by atoms with Gasteiger partial charge in [0, 0.05) is 17.8 Å². The highest BCUT2D eigenvalue weighted by Crippen LogP contribution is 2.29. The van der Waals surface area contributed by atoms with Crippen LogP contribution in [0.15, 0.2) is 22.8 Å². The molecule has 3 rings (SSSR count). The van der Waals surface area contributed by atoms with Crippen LogP contribution in [-0.2, 0) is 12.8 Å². The van der Waals surface area contributed by atoms with Crippen molar-refractivity contribution in [2.24, 2.45) is 5.73 Å². The molecule has 19 heavy (non-hydrogen) atoms. The maximum Gasteiger partial charge on any atom is 0.197 e. The SMILES string of the molecule is NCCCNc1nc(-c2ccco2)nc2c1CCC2. The quantitative estimate of drug-likeness (QED) is 0.802. The highest BCUT2D eigenvalue weighted by molar-refractivity contribution is 5.56. The predicted molar refractivity (Wildman–Crippen MR) is 73.9 cm³/mol. The second-order valence-corrected chi connectivity index (χ2v) is 4.72. The predicted octanol–water partition coefficient (Wildman–Crippen LogP) is 1.99. The minimum absolute atomic E-state index is 0.667. The van der Waals surface area contributed by atoms with Crippen LogP contribution in [0.4, 0.5) is 5.82 Å². The Bertz CT molecular complexity index is 551. The highest BCUT2D eigenvalue weighted by Gasteiger charge is 2.20. The Morgan fingerprint density at radius 3 is 3.05 bits per heavy atom. The first-order valence-electron chi connectivity index (χ1n) is 6.76. The van der Waals surface area contributed by atoms with Crippen molar-refractivity contribution in [1.29, 1.82) is 0 Å². The topological polar surface area (TPSA) is 77.0 Å². The number of nitrogens with zero attached hydrogens (tertiary/aromatic N) is 2. The van der Waals surface area contributed by atoms with Crippen LogP contribution in [0.5, 0.6) is 0 Å². The molecule has 0 amide bonds. The summed E-state index contributed by atoms with van der Waals surface area (Å²) in [6.45, 7) is 1.53. The average Bonchev–Trinajstić information content (AvgIpc) is 3.09. The number of anilines is 1. The summed E-state index contributed by atoms with van der Waals surface area (Å²) < 4.78 is 5.39. The maximum atomic E-state index is 5.52. The molecule has 2 aromatic rings. The minimum Gasteiger partial charge on any atom is -0.461 e. The molecule has 0 bridgehead atoms. The molecule has 0 aliphatic heterocycles. The lowest BCUT2D eigenvalue weighted by Gasteiger charge is -2.11. The molecule has 0 aromatic carbocycles. The van der Waals surface area contributed by atoms with Crippen LogP contribution in [0.1, 0.15) is 24.1 Å². The van der Waals surface area contributed by atoms with Crippen molar-refractivity contribution in [2.45, 2.75) is 25.7 Å². The number of aromatic nitrogens is 2. The van der Waals surface area contributed by atoms with E-state index in [2.05, 4.69) is 15.3 Å². The molecule has 0 saturated carbocycles. The Hall–Kier alpha value is -1.88. The van der Waals surface area contributed by atoms with Gasteiger partial charge in [-0.2, -0.15) is 0 Å². The summed E-state index contributed by atoms with van der Waals surface area (Å²) in [6.07, 6.45) is 5.81. The first-order chi connectivity index (χ1) is 9.38. The Labute approximate surface area is 112 Å². The zero-order valence-electron chi connectivity index (χ0n) is 10.9. The summed E-state index contributed by atoms with van der Waals surface area (Å²) in [6, 6.07) is 3.74. The van der Waals surface area contributed by atoms with Crippen LogP contribution in [0, 0.1) is 0 Å². The average molecular weight is 258 g/mol. The third-order valence-corrected chi connectivity index (χ3v) is 3.35. The van der Waals surface area contributed by atoms with E-state index in [1.807, 2.05) is 12.1 Å². The molecule has 1 aliphatic rings. The van der Waals surface area contributed by atoms with Crippen molar-refractivity contribution < 1.29 is 4.42 Å². The summed E-state index contributed by atoms with van der Waals surface area (Å²) in [7, 11) is 0. The van der Waals surface area contributed by atoms with Crippen LogP contribution < -0.4 is 11.1 Å². The lowest BCUT2D eigenvalue weighted by atomic mass is 10.2. The Kier molecular flexibility index (Phi) is 3.46. The van der Waals surface area contributed by atoms with Crippen molar-refractivity contribution in [2.75, 3.05) is 18.4 Å². The molecule has 5 nitrogen and oxygen atoms in total. The molecule has 1 aliphatic carbocycles. The largest absolute Gasteiger partial charge is 0.461 e. The van der Waals surface area contributed by atoms with Gasteiger partial charge in [-0.15, -0.1) is 0 Å². The van der Waals surface area contributed by atoms with Crippen LogP contribution in [0.25, 0.3) is 11.6 Å². The van der Waals surface area contributed by atoms with Crippen molar-refractivity contribution in [1.82, 2.24) is 9.97 Å². The van der Waals surface area contributed by atoms with Crippen molar-refractivity contribution in [3.05, 3.63) is 29.7 Å². The number of hydrogen-bond donors (Lipinski definition) is 2. The first kappa shape index (κ1) is 12.2. The Balaban J connectivity index is 1.93. The number of nitrogens with one attached hydrogen (secondary N) is 1. The standard InChI is InChI=1S/C14H18N4O/c15-7-3-8-16-13-10-4-1-5-11(10)17-14(18-13)12-6-2-9-19-12/h2,6,9H,1,3-5,7-8,15H2,(H,16,17,18). The van der Waals surface area contributed by atoms with Gasteiger partial charge >= 0.3 is 0 Å². The fraction of sp³-hybridized carbons (Fsp3) is 0.429. The Morgan fingerprint density at radius 1 is 1.32 bits per heavy atom. The highest BCUT2D eigenvalue weighted by atomic mass is 16.3. The fourth-order valence-electron chi connectivity index (χ4n) is 2.40. The lowest BCUT2D eigenvalue weighted by Crippen LogP contribution is -2.12. The Morgan fingerprint density at radius 2 is 2.26 bits per heavy atom. The van der Waals surface area contributed by atoms with Crippen molar-refractivity contribution in [3.63, 3.8) is 0 Å². The molecule has 0 atom stereocenters. The third kappa shape index (κ3) is 2.46. The summed E-state index contributed by atoms with van der Waals surface area (Å²) in [5.74, 6) is 2.33. The van der Waals surface area contributed by atoms with Crippen LogP contribution >= 0.6 is 0 Å². The molecule has 0 radical (unpaired) electrons. The van der Waals surface area contributed by atoms with Crippen LogP contribution in [-0.4, -0.2) is 23.1 Å². The van der Waals surface area contributed by atoms with Crippen molar-refractivity contribution in [3.8, 4) is 11.6 Å². The van der Waals surface area contributed by atoms with Gasteiger partial charge in [0.1, 0.15) is 5.82 Å². The van der Waals surface area contributed by atoms with E-state index in [4.69, 9.17) is 10.2 Å². The van der Waals surface area contributed by atoms with Gasteiger partial charge < -0.3 is 15.5 Å². The number of fused-ring (bicyclic) bond motifs is 1. The van der Waals surface area contributed by atoms with E-state index in [9.17, 15) is 0 Å². The molecule has 0 fully saturated rings. The van der Waals surface area contributed by atoms with E-state index >= 15 is 0 Å². The second-order valence-electron chi connectivity index (χ2n) is 4.72. The van der Waals surface area contributed by atoms with E-state index in [1.165, 1.54) is 5.56 Å². The molecule has 2 aromatic heterocycles. The van der Waals surface area contributed by atoms with E-state index in [0.717, 1.165) is 49.5 Å². The first-order valence-corrected chi connectivity index (χ1v) is 6.76. The molecule has 100 valence electrons. The number of furan rings is 1. The normalized spacial score (nSPS) is 13.5. The van der Waals surface area contributed by atoms with Gasteiger partial charge in [-0.1, -0.05) is 0 Å². The van der Waals surface area contributed by atoms with Gasteiger partial charge in [0.2, 0.25) is 0 Å². The number of rotatable bonds is 5. The van der Waals surface area contributed by atoms with Crippen molar-refractivity contribution >= 4 is 5.82 Å². The zero-order chi connectivity index (χ0) is 13.1. The van der Waals surface area contributed by atoms with Gasteiger partial charge in [-0.3, -0.25) is 0 Å². The van der Waals surface area contributed by atoms with Crippen LogP contribution in [0.3, 0.4) is 0 Å².